The maximum Gasteiger partial charge on any atom is 0.263 e. The fraction of sp³-hybridized carbons (Fsp3) is 0. The average Bonchev–Trinajstić information content (AvgIpc) is 2.95. The van der Waals surface area contributed by atoms with E-state index in [2.05, 4.69) is 9.71 Å². The molecule has 2 aromatic carbocycles. The van der Waals surface area contributed by atoms with Gasteiger partial charge >= 0.3 is 0 Å². The van der Waals surface area contributed by atoms with Crippen molar-refractivity contribution in [3.05, 3.63) is 64.0 Å². The first-order valence-corrected chi connectivity index (χ1v) is 9.56. The number of aromatic nitrogens is 1. The van der Waals surface area contributed by atoms with Crippen LogP contribution >= 0.6 is 34.5 Å². The predicted molar refractivity (Wildman–Crippen MR) is 94.8 cm³/mol. The molecule has 0 aliphatic rings. The van der Waals surface area contributed by atoms with Crippen molar-refractivity contribution in [2.75, 3.05) is 4.72 Å². The van der Waals surface area contributed by atoms with Crippen LogP contribution in [0.3, 0.4) is 0 Å². The minimum Gasteiger partial charge on any atom is -0.255 e. The highest BCUT2D eigenvalue weighted by molar-refractivity contribution is 7.93. The molecule has 0 radical (unpaired) electrons. The van der Waals surface area contributed by atoms with E-state index in [4.69, 9.17) is 23.2 Å². The fourth-order valence-corrected chi connectivity index (χ4v) is 4.40. The summed E-state index contributed by atoms with van der Waals surface area (Å²) in [5.74, 6) is 0. The number of anilines is 1. The van der Waals surface area contributed by atoms with Crippen LogP contribution in [-0.4, -0.2) is 13.4 Å². The first kappa shape index (κ1) is 16.3. The maximum absolute atomic E-state index is 12.3. The number of sulfonamides is 1. The lowest BCUT2D eigenvalue weighted by molar-refractivity contribution is 0.601. The van der Waals surface area contributed by atoms with Crippen molar-refractivity contribution in [3.8, 4) is 11.3 Å². The zero-order valence-corrected chi connectivity index (χ0v) is 14.7. The minimum absolute atomic E-state index is 0.182. The molecule has 0 atom stereocenters. The quantitative estimate of drug-likeness (QED) is 0.694. The second kappa shape index (κ2) is 6.49. The molecule has 1 aromatic heterocycles. The highest BCUT2D eigenvalue weighted by Gasteiger charge is 2.16. The lowest BCUT2D eigenvalue weighted by Crippen LogP contribution is -2.12. The van der Waals surface area contributed by atoms with Crippen molar-refractivity contribution in [2.24, 2.45) is 0 Å². The second-order valence-electron chi connectivity index (χ2n) is 4.58. The average molecular weight is 385 g/mol. The number of benzene rings is 2. The van der Waals surface area contributed by atoms with Crippen LogP contribution in [0, 0.1) is 0 Å². The third-order valence-corrected chi connectivity index (χ3v) is 5.78. The topological polar surface area (TPSA) is 59.1 Å². The zero-order chi connectivity index (χ0) is 16.4. The Morgan fingerprint density at radius 3 is 2.48 bits per heavy atom. The molecule has 0 aliphatic heterocycles. The minimum atomic E-state index is -3.66. The van der Waals surface area contributed by atoms with Gasteiger partial charge in [-0.3, -0.25) is 4.72 Å². The summed E-state index contributed by atoms with van der Waals surface area (Å²) in [7, 11) is -3.66. The molecule has 4 nitrogen and oxygen atoms in total. The molecule has 1 N–H and O–H groups in total. The molecule has 0 unspecified atom stereocenters. The summed E-state index contributed by atoms with van der Waals surface area (Å²) in [6, 6.07) is 13.2. The third kappa shape index (κ3) is 3.67. The summed E-state index contributed by atoms with van der Waals surface area (Å²) in [5.41, 5.74) is 1.28. The summed E-state index contributed by atoms with van der Waals surface area (Å²) >= 11 is 13.2. The first-order chi connectivity index (χ1) is 11.0. The Kier molecular flexibility index (Phi) is 4.59. The van der Waals surface area contributed by atoms with Crippen LogP contribution in [0.1, 0.15) is 0 Å². The van der Waals surface area contributed by atoms with Gasteiger partial charge in [0.2, 0.25) is 0 Å². The van der Waals surface area contributed by atoms with E-state index in [1.54, 1.807) is 41.8 Å². The summed E-state index contributed by atoms with van der Waals surface area (Å²) in [4.78, 5) is 4.46. The fourth-order valence-electron chi connectivity index (χ4n) is 1.92. The van der Waals surface area contributed by atoms with E-state index < -0.39 is 10.0 Å². The highest BCUT2D eigenvalue weighted by atomic mass is 35.5. The lowest BCUT2D eigenvalue weighted by Gasteiger charge is -2.04. The van der Waals surface area contributed by atoms with Gasteiger partial charge in [-0.05, 0) is 30.3 Å². The first-order valence-electron chi connectivity index (χ1n) is 6.44. The van der Waals surface area contributed by atoms with Crippen LogP contribution < -0.4 is 4.72 Å². The van der Waals surface area contributed by atoms with E-state index in [-0.39, 0.29) is 10.0 Å². The van der Waals surface area contributed by atoms with Gasteiger partial charge in [0.1, 0.15) is 0 Å². The van der Waals surface area contributed by atoms with Gasteiger partial charge in [0, 0.05) is 16.0 Å². The summed E-state index contributed by atoms with van der Waals surface area (Å²) in [6.07, 6.45) is 0. The molecule has 23 heavy (non-hydrogen) atoms. The molecule has 1 heterocycles. The van der Waals surface area contributed by atoms with Crippen LogP contribution in [0.25, 0.3) is 11.3 Å². The van der Waals surface area contributed by atoms with Crippen molar-refractivity contribution in [1.82, 2.24) is 4.98 Å². The molecule has 0 spiro atoms. The van der Waals surface area contributed by atoms with Crippen LogP contribution in [0.15, 0.2) is 58.8 Å². The number of hydrogen-bond acceptors (Lipinski definition) is 4. The van der Waals surface area contributed by atoms with E-state index in [9.17, 15) is 8.42 Å². The second-order valence-corrected chi connectivity index (χ2v) is 7.96. The molecule has 0 amide bonds. The van der Waals surface area contributed by atoms with Gasteiger partial charge in [-0.1, -0.05) is 41.4 Å². The Balaban J connectivity index is 1.88. The Bertz CT molecular complexity index is 941. The smallest absolute Gasteiger partial charge is 0.255 e. The van der Waals surface area contributed by atoms with Gasteiger partial charge in [0.25, 0.3) is 10.0 Å². The van der Waals surface area contributed by atoms with E-state index >= 15 is 0 Å². The number of halogens is 2. The van der Waals surface area contributed by atoms with Gasteiger partial charge in [0.15, 0.2) is 5.13 Å². The Morgan fingerprint density at radius 1 is 1.04 bits per heavy atom. The molecule has 0 saturated heterocycles. The van der Waals surface area contributed by atoms with E-state index in [1.807, 2.05) is 0 Å². The van der Waals surface area contributed by atoms with Gasteiger partial charge in [-0.15, -0.1) is 11.3 Å². The van der Waals surface area contributed by atoms with Gasteiger partial charge in [0.05, 0.1) is 15.6 Å². The largest absolute Gasteiger partial charge is 0.263 e. The van der Waals surface area contributed by atoms with E-state index in [0.29, 0.717) is 21.3 Å². The number of hydrogen-bond donors (Lipinski definition) is 1. The lowest BCUT2D eigenvalue weighted by atomic mass is 10.2. The highest BCUT2D eigenvalue weighted by Crippen LogP contribution is 2.32. The summed E-state index contributed by atoms with van der Waals surface area (Å²) in [5, 5.41) is 2.99. The Labute approximate surface area is 147 Å². The Hall–Kier alpha value is -1.60. The Morgan fingerprint density at radius 2 is 1.78 bits per heavy atom. The zero-order valence-electron chi connectivity index (χ0n) is 11.5. The molecule has 3 rings (SSSR count). The van der Waals surface area contributed by atoms with Gasteiger partial charge in [-0.2, -0.15) is 0 Å². The third-order valence-electron chi connectivity index (χ3n) is 2.99. The molecule has 8 heteroatoms. The number of rotatable bonds is 4. The maximum atomic E-state index is 12.3. The molecular weight excluding hydrogens is 375 g/mol. The van der Waals surface area contributed by atoms with Crippen molar-refractivity contribution >= 4 is 49.7 Å². The van der Waals surface area contributed by atoms with Crippen LogP contribution in [0.2, 0.25) is 10.0 Å². The van der Waals surface area contributed by atoms with Crippen LogP contribution in [-0.2, 0) is 10.0 Å². The molecule has 0 aliphatic carbocycles. The summed E-state index contributed by atoms with van der Waals surface area (Å²) in [6.45, 7) is 0. The number of thiazole rings is 1. The standard InChI is InChI=1S/C15H10Cl2N2O2S2/c16-10-6-7-12(13(17)8-10)14-9-22-15(18-14)19-23(20,21)11-4-2-1-3-5-11/h1-9H,(H,18,19). The normalized spacial score (nSPS) is 11.4. The van der Waals surface area contributed by atoms with Crippen LogP contribution in [0.5, 0.6) is 0 Å². The molecule has 0 bridgehead atoms. The van der Waals surface area contributed by atoms with Crippen LogP contribution in [0.4, 0.5) is 5.13 Å². The van der Waals surface area contributed by atoms with Gasteiger partial charge < -0.3 is 0 Å². The number of nitrogens with zero attached hydrogens (tertiary/aromatic N) is 1. The predicted octanol–water partition coefficient (Wildman–Crippen LogP) is 4.92. The van der Waals surface area contributed by atoms with Crippen molar-refractivity contribution in [2.45, 2.75) is 4.90 Å². The monoisotopic (exact) mass is 384 g/mol. The van der Waals surface area contributed by atoms with Crippen molar-refractivity contribution < 1.29 is 8.42 Å². The SMILES string of the molecule is O=S(=O)(Nc1nc(-c2ccc(Cl)cc2Cl)cs1)c1ccccc1. The molecule has 118 valence electrons. The van der Waals surface area contributed by atoms with E-state index in [0.717, 1.165) is 0 Å². The van der Waals surface area contributed by atoms with Crippen molar-refractivity contribution in [3.63, 3.8) is 0 Å². The molecule has 0 saturated carbocycles. The summed E-state index contributed by atoms with van der Waals surface area (Å²) < 4.78 is 27.0. The van der Waals surface area contributed by atoms with Crippen molar-refractivity contribution in [1.29, 1.82) is 0 Å². The molecular formula is C15H10Cl2N2O2S2. The number of nitrogens with one attached hydrogen (secondary N) is 1. The van der Waals surface area contributed by atoms with Gasteiger partial charge in [-0.25, -0.2) is 13.4 Å². The molecule has 0 fully saturated rings. The van der Waals surface area contributed by atoms with E-state index in [1.165, 1.54) is 23.5 Å². The molecule has 3 aromatic rings.